The molecule has 194 valence electrons. The number of methoxy groups -OCH3 is 1. The molecule has 6 nitrogen and oxygen atoms in total. The highest BCUT2D eigenvalue weighted by atomic mass is 16.5. The Bertz CT molecular complexity index is 1250. The minimum Gasteiger partial charge on any atom is -0.493 e. The van der Waals surface area contributed by atoms with Gasteiger partial charge in [-0.1, -0.05) is 61.0 Å². The van der Waals surface area contributed by atoms with Crippen LogP contribution in [0, 0.1) is 0 Å². The zero-order valence-corrected chi connectivity index (χ0v) is 21.7. The van der Waals surface area contributed by atoms with Crippen molar-refractivity contribution < 1.29 is 14.3 Å². The van der Waals surface area contributed by atoms with Crippen LogP contribution in [0.25, 0.3) is 11.0 Å². The molecule has 4 rings (SSSR count). The van der Waals surface area contributed by atoms with Gasteiger partial charge in [0.2, 0.25) is 5.91 Å². The van der Waals surface area contributed by atoms with Crippen LogP contribution >= 0.6 is 0 Å². The molecule has 1 amide bonds. The number of aromatic nitrogens is 2. The SMILES string of the molecule is COc1ccccc1OCCCCn1c(CCCCCNC(=O)Cc2ccccc2)nc2ccccc21. The summed E-state index contributed by atoms with van der Waals surface area (Å²) in [5.74, 6) is 2.78. The van der Waals surface area contributed by atoms with Crippen LogP contribution in [0.5, 0.6) is 11.5 Å². The summed E-state index contributed by atoms with van der Waals surface area (Å²) in [6, 6.07) is 26.0. The molecule has 0 atom stereocenters. The number of nitrogens with zero attached hydrogens (tertiary/aromatic N) is 2. The van der Waals surface area contributed by atoms with E-state index in [2.05, 4.69) is 28.1 Å². The number of carbonyl (C=O) groups is 1. The van der Waals surface area contributed by atoms with Gasteiger partial charge in [0, 0.05) is 19.5 Å². The molecular formula is C31H37N3O3. The van der Waals surface area contributed by atoms with E-state index < -0.39 is 0 Å². The van der Waals surface area contributed by atoms with Crippen molar-refractivity contribution in [3.63, 3.8) is 0 Å². The molecule has 0 fully saturated rings. The number of amides is 1. The summed E-state index contributed by atoms with van der Waals surface area (Å²) in [5, 5.41) is 3.04. The average molecular weight is 500 g/mol. The number of hydrogen-bond acceptors (Lipinski definition) is 4. The van der Waals surface area contributed by atoms with Crippen LogP contribution in [0.1, 0.15) is 43.5 Å². The standard InChI is InChI=1S/C31H37N3O3/c1-36-28-18-9-10-19-29(28)37-23-13-12-22-34-27-17-8-7-16-26(27)33-30(34)20-6-3-11-21-32-31(35)24-25-14-4-2-5-15-25/h2,4-5,7-10,14-19H,3,6,11-13,20-24H2,1H3,(H,32,35). The summed E-state index contributed by atoms with van der Waals surface area (Å²) in [6.45, 7) is 2.29. The van der Waals surface area contributed by atoms with E-state index in [1.54, 1.807) is 7.11 Å². The Morgan fingerprint density at radius 1 is 0.838 bits per heavy atom. The number of rotatable bonds is 15. The number of carbonyl (C=O) groups excluding carboxylic acids is 1. The highest BCUT2D eigenvalue weighted by molar-refractivity contribution is 5.78. The van der Waals surface area contributed by atoms with Crippen LogP contribution < -0.4 is 14.8 Å². The number of benzene rings is 3. The van der Waals surface area contributed by atoms with Crippen molar-refractivity contribution in [2.75, 3.05) is 20.3 Å². The number of nitrogens with one attached hydrogen (secondary N) is 1. The second-order valence-electron chi connectivity index (χ2n) is 9.20. The summed E-state index contributed by atoms with van der Waals surface area (Å²) in [4.78, 5) is 17.1. The van der Waals surface area contributed by atoms with Crippen molar-refractivity contribution in [1.82, 2.24) is 14.9 Å². The van der Waals surface area contributed by atoms with Crippen LogP contribution in [0.15, 0.2) is 78.9 Å². The van der Waals surface area contributed by atoms with Crippen LogP contribution in [0.3, 0.4) is 0 Å². The van der Waals surface area contributed by atoms with Crippen LogP contribution in [-0.2, 0) is 24.2 Å². The third-order valence-electron chi connectivity index (χ3n) is 6.44. The minimum absolute atomic E-state index is 0.0858. The van der Waals surface area contributed by atoms with Crippen molar-refractivity contribution in [2.45, 2.75) is 51.5 Å². The normalized spacial score (nSPS) is 10.9. The van der Waals surface area contributed by atoms with E-state index in [9.17, 15) is 4.79 Å². The number of hydrogen-bond donors (Lipinski definition) is 1. The molecule has 0 spiro atoms. The first kappa shape index (κ1) is 26.3. The first-order chi connectivity index (χ1) is 18.2. The van der Waals surface area contributed by atoms with Crippen LogP contribution in [0.2, 0.25) is 0 Å². The van der Waals surface area contributed by atoms with Crippen molar-refractivity contribution in [3.8, 4) is 11.5 Å². The lowest BCUT2D eigenvalue weighted by atomic mass is 10.1. The predicted octanol–water partition coefficient (Wildman–Crippen LogP) is 5.98. The second kappa shape index (κ2) is 14.1. The second-order valence-corrected chi connectivity index (χ2v) is 9.20. The summed E-state index contributed by atoms with van der Waals surface area (Å²) >= 11 is 0. The van der Waals surface area contributed by atoms with Gasteiger partial charge in [0.25, 0.3) is 0 Å². The molecule has 0 unspecified atom stereocenters. The molecule has 6 heteroatoms. The Balaban J connectivity index is 1.20. The molecule has 0 aliphatic rings. The monoisotopic (exact) mass is 499 g/mol. The van der Waals surface area contributed by atoms with Gasteiger partial charge in [0.1, 0.15) is 5.82 Å². The number of para-hydroxylation sites is 4. The van der Waals surface area contributed by atoms with E-state index in [-0.39, 0.29) is 5.91 Å². The Morgan fingerprint density at radius 2 is 1.59 bits per heavy atom. The molecule has 0 saturated heterocycles. The maximum Gasteiger partial charge on any atom is 0.224 e. The highest BCUT2D eigenvalue weighted by Gasteiger charge is 2.10. The summed E-state index contributed by atoms with van der Waals surface area (Å²) in [6.07, 6.45) is 6.42. The molecule has 37 heavy (non-hydrogen) atoms. The Labute approximate surface area is 219 Å². The molecule has 4 aromatic rings. The van der Waals surface area contributed by atoms with Crippen LogP contribution in [-0.4, -0.2) is 35.7 Å². The topological polar surface area (TPSA) is 65.4 Å². The molecule has 1 aromatic heterocycles. The van der Waals surface area contributed by atoms with Gasteiger partial charge in [-0.15, -0.1) is 0 Å². The fraction of sp³-hybridized carbons (Fsp3) is 0.355. The molecule has 0 aliphatic heterocycles. The van der Waals surface area contributed by atoms with Gasteiger partial charge in [-0.25, -0.2) is 4.98 Å². The van der Waals surface area contributed by atoms with Gasteiger partial charge in [0.15, 0.2) is 11.5 Å². The zero-order valence-electron chi connectivity index (χ0n) is 21.7. The predicted molar refractivity (Wildman–Crippen MR) is 148 cm³/mol. The summed E-state index contributed by atoms with van der Waals surface area (Å²) in [7, 11) is 1.66. The molecular weight excluding hydrogens is 462 g/mol. The first-order valence-corrected chi connectivity index (χ1v) is 13.2. The van der Waals surface area contributed by atoms with Crippen molar-refractivity contribution in [2.24, 2.45) is 0 Å². The van der Waals surface area contributed by atoms with E-state index in [1.165, 1.54) is 5.52 Å². The van der Waals surface area contributed by atoms with E-state index in [1.807, 2.05) is 60.7 Å². The third kappa shape index (κ3) is 7.84. The van der Waals surface area contributed by atoms with Gasteiger partial charge in [-0.2, -0.15) is 0 Å². The van der Waals surface area contributed by atoms with Crippen LogP contribution in [0.4, 0.5) is 0 Å². The van der Waals surface area contributed by atoms with Gasteiger partial charge >= 0.3 is 0 Å². The molecule has 1 N–H and O–H groups in total. The maximum atomic E-state index is 12.1. The summed E-state index contributed by atoms with van der Waals surface area (Å²) < 4.78 is 13.7. The lowest BCUT2D eigenvalue weighted by Gasteiger charge is -2.12. The smallest absolute Gasteiger partial charge is 0.224 e. The molecule has 0 aliphatic carbocycles. The fourth-order valence-corrected chi connectivity index (χ4v) is 4.51. The van der Waals surface area contributed by atoms with Gasteiger partial charge in [-0.3, -0.25) is 4.79 Å². The largest absolute Gasteiger partial charge is 0.493 e. The Morgan fingerprint density at radius 3 is 2.43 bits per heavy atom. The fourth-order valence-electron chi connectivity index (χ4n) is 4.51. The van der Waals surface area contributed by atoms with Gasteiger partial charge < -0.3 is 19.4 Å². The lowest BCUT2D eigenvalue weighted by molar-refractivity contribution is -0.120. The molecule has 0 bridgehead atoms. The zero-order chi connectivity index (χ0) is 25.7. The maximum absolute atomic E-state index is 12.1. The highest BCUT2D eigenvalue weighted by Crippen LogP contribution is 2.26. The van der Waals surface area contributed by atoms with Crippen molar-refractivity contribution in [1.29, 1.82) is 0 Å². The van der Waals surface area contributed by atoms with E-state index in [4.69, 9.17) is 14.5 Å². The number of imidazole rings is 1. The number of ether oxygens (including phenoxy) is 2. The first-order valence-electron chi connectivity index (χ1n) is 13.2. The van der Waals surface area contributed by atoms with Gasteiger partial charge in [-0.05, 0) is 55.5 Å². The van der Waals surface area contributed by atoms with E-state index >= 15 is 0 Å². The Hall–Kier alpha value is -3.80. The lowest BCUT2D eigenvalue weighted by Crippen LogP contribution is -2.26. The van der Waals surface area contributed by atoms with E-state index in [0.717, 1.165) is 73.5 Å². The van der Waals surface area contributed by atoms with Crippen molar-refractivity contribution in [3.05, 3.63) is 90.3 Å². The number of aryl methyl sites for hydroxylation is 2. The van der Waals surface area contributed by atoms with Gasteiger partial charge in [0.05, 0.1) is 31.2 Å². The molecule has 0 saturated carbocycles. The third-order valence-corrected chi connectivity index (χ3v) is 6.44. The minimum atomic E-state index is 0.0858. The molecule has 1 heterocycles. The molecule has 3 aromatic carbocycles. The number of unbranched alkanes of at least 4 members (excludes halogenated alkanes) is 3. The summed E-state index contributed by atoms with van der Waals surface area (Å²) in [5.41, 5.74) is 3.29. The Kier molecular flexibility index (Phi) is 9.99. The number of fused-ring (bicyclic) bond motifs is 1. The quantitative estimate of drug-likeness (QED) is 0.205. The van der Waals surface area contributed by atoms with E-state index in [0.29, 0.717) is 19.6 Å². The average Bonchev–Trinajstić information content (AvgIpc) is 3.28. The van der Waals surface area contributed by atoms with Crippen molar-refractivity contribution >= 4 is 16.9 Å². The molecule has 0 radical (unpaired) electrons.